The third-order valence-corrected chi connectivity index (χ3v) is 7.98. The lowest BCUT2D eigenvalue weighted by Crippen LogP contribution is -2.37. The van der Waals surface area contributed by atoms with E-state index in [1.54, 1.807) is 21.6 Å². The van der Waals surface area contributed by atoms with E-state index in [1.165, 1.54) is 17.3 Å². The van der Waals surface area contributed by atoms with Gasteiger partial charge in [0.2, 0.25) is 0 Å². The van der Waals surface area contributed by atoms with Crippen LogP contribution in [0, 0.1) is 5.92 Å². The Labute approximate surface area is 214 Å². The van der Waals surface area contributed by atoms with Gasteiger partial charge in [0.25, 0.3) is 11.5 Å². The molecule has 0 aliphatic carbocycles. The van der Waals surface area contributed by atoms with Crippen molar-refractivity contribution in [3.63, 3.8) is 0 Å². The van der Waals surface area contributed by atoms with Crippen molar-refractivity contribution in [3.05, 3.63) is 81.1 Å². The van der Waals surface area contributed by atoms with Crippen LogP contribution >= 0.6 is 24.0 Å². The lowest BCUT2D eigenvalue weighted by molar-refractivity contribution is -0.123. The van der Waals surface area contributed by atoms with Crippen molar-refractivity contribution in [2.75, 3.05) is 18.0 Å². The van der Waals surface area contributed by atoms with Crippen molar-refractivity contribution in [2.45, 2.75) is 39.2 Å². The predicted octanol–water partition coefficient (Wildman–Crippen LogP) is 4.76. The maximum absolute atomic E-state index is 13.6. The summed E-state index contributed by atoms with van der Waals surface area (Å²) < 4.78 is 2.06. The standard InChI is InChI=1S/C27H28N4O2S2/c1-18(2)31-26(33)22(35-27(31)34)17-21-24(28-23-10-6-7-13-30(23)25(21)32)29-14-11-20(12-15-29)16-19-8-4-3-5-9-19/h3-10,13,17-18,20H,11-12,14-16H2,1-2H3/b22-17+. The summed E-state index contributed by atoms with van der Waals surface area (Å²) in [5, 5.41) is 0. The Morgan fingerprint density at radius 2 is 1.80 bits per heavy atom. The summed E-state index contributed by atoms with van der Waals surface area (Å²) in [5.41, 5.74) is 2.23. The largest absolute Gasteiger partial charge is 0.356 e. The molecule has 3 aromatic rings. The minimum Gasteiger partial charge on any atom is -0.356 e. The van der Waals surface area contributed by atoms with E-state index in [0.29, 0.717) is 32.2 Å². The van der Waals surface area contributed by atoms with Crippen LogP contribution in [0.1, 0.15) is 37.8 Å². The summed E-state index contributed by atoms with van der Waals surface area (Å²) >= 11 is 6.69. The van der Waals surface area contributed by atoms with Crippen LogP contribution < -0.4 is 10.5 Å². The van der Waals surface area contributed by atoms with Crippen LogP contribution in [0.4, 0.5) is 5.82 Å². The van der Waals surface area contributed by atoms with Gasteiger partial charge in [-0.25, -0.2) is 4.98 Å². The molecule has 5 rings (SSSR count). The zero-order valence-corrected chi connectivity index (χ0v) is 21.5. The first-order valence-electron chi connectivity index (χ1n) is 12.0. The normalized spacial score (nSPS) is 18.4. The molecule has 8 heteroatoms. The lowest BCUT2D eigenvalue weighted by Gasteiger charge is -2.33. The second-order valence-corrected chi connectivity index (χ2v) is 11.0. The molecule has 0 radical (unpaired) electrons. The van der Waals surface area contributed by atoms with E-state index < -0.39 is 0 Å². The summed E-state index contributed by atoms with van der Waals surface area (Å²) in [7, 11) is 0. The van der Waals surface area contributed by atoms with Crippen molar-refractivity contribution in [3.8, 4) is 0 Å². The number of hydrogen-bond acceptors (Lipinski definition) is 6. The number of anilines is 1. The summed E-state index contributed by atoms with van der Waals surface area (Å²) in [6.45, 7) is 5.51. The number of piperidine rings is 1. The number of thiocarbonyl (C=S) groups is 1. The van der Waals surface area contributed by atoms with Gasteiger partial charge in [-0.3, -0.25) is 18.9 Å². The zero-order chi connectivity index (χ0) is 24.5. The number of benzene rings is 1. The average Bonchev–Trinajstić information content (AvgIpc) is 3.14. The third-order valence-electron chi connectivity index (χ3n) is 6.65. The van der Waals surface area contributed by atoms with E-state index in [2.05, 4.69) is 29.2 Å². The Kier molecular flexibility index (Phi) is 6.75. The molecule has 0 atom stereocenters. The molecular formula is C27H28N4O2S2. The molecule has 4 heterocycles. The molecule has 2 saturated heterocycles. The second-order valence-electron chi connectivity index (χ2n) is 9.35. The fraction of sp³-hybridized carbons (Fsp3) is 0.333. The summed E-state index contributed by atoms with van der Waals surface area (Å²) in [4.78, 5) is 35.8. The zero-order valence-electron chi connectivity index (χ0n) is 19.9. The van der Waals surface area contributed by atoms with Crippen molar-refractivity contribution < 1.29 is 4.79 Å². The maximum Gasteiger partial charge on any atom is 0.267 e. The monoisotopic (exact) mass is 504 g/mol. The second kappa shape index (κ2) is 9.95. The van der Waals surface area contributed by atoms with Gasteiger partial charge in [-0.2, -0.15) is 0 Å². The summed E-state index contributed by atoms with van der Waals surface area (Å²) in [6, 6.07) is 16.1. The minimum absolute atomic E-state index is 0.0349. The maximum atomic E-state index is 13.6. The quantitative estimate of drug-likeness (QED) is 0.369. The van der Waals surface area contributed by atoms with E-state index in [1.807, 2.05) is 38.1 Å². The van der Waals surface area contributed by atoms with Crippen molar-refractivity contribution >= 4 is 51.7 Å². The van der Waals surface area contributed by atoms with Gasteiger partial charge in [0.05, 0.1) is 10.5 Å². The van der Waals surface area contributed by atoms with Crippen LogP contribution in [0.3, 0.4) is 0 Å². The molecule has 0 spiro atoms. The molecule has 0 saturated carbocycles. The Balaban J connectivity index is 1.48. The fourth-order valence-electron chi connectivity index (χ4n) is 4.81. The van der Waals surface area contributed by atoms with Gasteiger partial charge in [-0.15, -0.1) is 0 Å². The van der Waals surface area contributed by atoms with E-state index in [-0.39, 0.29) is 17.5 Å². The molecule has 0 N–H and O–H groups in total. The summed E-state index contributed by atoms with van der Waals surface area (Å²) in [5.74, 6) is 1.09. The Bertz CT molecular complexity index is 1360. The highest BCUT2D eigenvalue weighted by atomic mass is 32.2. The first kappa shape index (κ1) is 23.8. The van der Waals surface area contributed by atoms with E-state index in [0.717, 1.165) is 32.4 Å². The molecule has 180 valence electrons. The number of fused-ring (bicyclic) bond motifs is 1. The third kappa shape index (κ3) is 4.77. The Hall–Kier alpha value is -2.97. The number of pyridine rings is 1. The molecule has 6 nitrogen and oxygen atoms in total. The number of carbonyl (C=O) groups is 1. The van der Waals surface area contributed by atoms with Crippen LogP contribution in [0.15, 0.2) is 64.4 Å². The molecule has 2 fully saturated rings. The van der Waals surface area contributed by atoms with Gasteiger partial charge < -0.3 is 4.90 Å². The SMILES string of the molecule is CC(C)N1C(=O)/C(=C\c2c(N3CCC(Cc4ccccc4)CC3)nc3ccccn3c2=O)SC1=S. The highest BCUT2D eigenvalue weighted by molar-refractivity contribution is 8.26. The van der Waals surface area contributed by atoms with E-state index in [4.69, 9.17) is 17.2 Å². The predicted molar refractivity (Wildman–Crippen MR) is 147 cm³/mol. The van der Waals surface area contributed by atoms with Crippen molar-refractivity contribution in [2.24, 2.45) is 5.92 Å². The van der Waals surface area contributed by atoms with Gasteiger partial charge in [-0.05, 0) is 62.8 Å². The molecule has 1 aromatic carbocycles. The van der Waals surface area contributed by atoms with Gasteiger partial charge in [-0.1, -0.05) is 60.4 Å². The Morgan fingerprint density at radius 1 is 1.09 bits per heavy atom. The van der Waals surface area contributed by atoms with Crippen LogP contribution in [0.5, 0.6) is 0 Å². The lowest BCUT2D eigenvalue weighted by atomic mass is 9.90. The van der Waals surface area contributed by atoms with Gasteiger partial charge in [0.1, 0.15) is 15.8 Å². The molecule has 0 bridgehead atoms. The number of aromatic nitrogens is 2. The van der Waals surface area contributed by atoms with E-state index in [9.17, 15) is 9.59 Å². The molecule has 1 amide bonds. The molecule has 2 aliphatic heterocycles. The average molecular weight is 505 g/mol. The number of nitrogens with zero attached hydrogens (tertiary/aromatic N) is 4. The number of hydrogen-bond donors (Lipinski definition) is 0. The first-order valence-corrected chi connectivity index (χ1v) is 13.2. The van der Waals surface area contributed by atoms with Crippen LogP contribution in [-0.2, 0) is 11.2 Å². The number of rotatable bonds is 5. The first-order chi connectivity index (χ1) is 16.9. The van der Waals surface area contributed by atoms with Gasteiger partial charge in [0.15, 0.2) is 0 Å². The molecule has 35 heavy (non-hydrogen) atoms. The topological polar surface area (TPSA) is 57.9 Å². The smallest absolute Gasteiger partial charge is 0.267 e. The number of amides is 1. The molecule has 0 unspecified atom stereocenters. The van der Waals surface area contributed by atoms with E-state index >= 15 is 0 Å². The minimum atomic E-state index is -0.174. The number of carbonyl (C=O) groups excluding carboxylic acids is 1. The van der Waals surface area contributed by atoms with Crippen molar-refractivity contribution in [1.29, 1.82) is 0 Å². The highest BCUT2D eigenvalue weighted by Gasteiger charge is 2.34. The molecule has 2 aliphatic rings. The van der Waals surface area contributed by atoms with Gasteiger partial charge >= 0.3 is 0 Å². The van der Waals surface area contributed by atoms with Crippen molar-refractivity contribution in [1.82, 2.24) is 14.3 Å². The molecular weight excluding hydrogens is 476 g/mol. The molecule has 2 aromatic heterocycles. The number of thioether (sulfide) groups is 1. The Morgan fingerprint density at radius 3 is 2.49 bits per heavy atom. The van der Waals surface area contributed by atoms with Gasteiger partial charge in [0, 0.05) is 25.3 Å². The van der Waals surface area contributed by atoms with Crippen LogP contribution in [0.2, 0.25) is 0 Å². The highest BCUT2D eigenvalue weighted by Crippen LogP contribution is 2.35. The van der Waals surface area contributed by atoms with Crippen LogP contribution in [-0.4, -0.2) is 43.6 Å². The summed E-state index contributed by atoms with van der Waals surface area (Å²) in [6.07, 6.45) is 6.53. The fourth-order valence-corrected chi connectivity index (χ4v) is 6.32. The van der Waals surface area contributed by atoms with Crippen LogP contribution in [0.25, 0.3) is 11.7 Å².